The summed E-state index contributed by atoms with van der Waals surface area (Å²) in [6.07, 6.45) is 4.46. The number of hydrogen-bond acceptors (Lipinski definition) is 7. The summed E-state index contributed by atoms with van der Waals surface area (Å²) in [6.45, 7) is 8.07. The van der Waals surface area contributed by atoms with Gasteiger partial charge in [0.1, 0.15) is 11.6 Å². The van der Waals surface area contributed by atoms with Gasteiger partial charge >= 0.3 is 0 Å². The van der Waals surface area contributed by atoms with E-state index in [9.17, 15) is 4.79 Å². The van der Waals surface area contributed by atoms with E-state index in [1.807, 2.05) is 36.2 Å². The number of nitrogens with one attached hydrogen (secondary N) is 1. The lowest BCUT2D eigenvalue weighted by atomic mass is 10.3. The van der Waals surface area contributed by atoms with Crippen molar-refractivity contribution in [2.45, 2.75) is 26.2 Å². The first-order valence-corrected chi connectivity index (χ1v) is 10.5. The summed E-state index contributed by atoms with van der Waals surface area (Å²) in [5, 5.41) is 3.40. The van der Waals surface area contributed by atoms with Crippen LogP contribution in [0, 0.1) is 6.92 Å². The van der Waals surface area contributed by atoms with Crippen LogP contribution in [0.3, 0.4) is 0 Å². The molecule has 0 bridgehead atoms. The van der Waals surface area contributed by atoms with Gasteiger partial charge in [-0.25, -0.2) is 9.97 Å². The molecule has 8 nitrogen and oxygen atoms in total. The van der Waals surface area contributed by atoms with Crippen molar-refractivity contribution < 1.29 is 4.79 Å². The van der Waals surface area contributed by atoms with Crippen molar-refractivity contribution in [1.82, 2.24) is 19.9 Å². The number of carbonyl (C=O) groups excluding carboxylic acids is 1. The molecule has 1 amide bonds. The first-order valence-electron chi connectivity index (χ1n) is 10.5. The van der Waals surface area contributed by atoms with Gasteiger partial charge in [0.15, 0.2) is 0 Å². The molecule has 1 N–H and O–H groups in total. The Morgan fingerprint density at radius 1 is 1.07 bits per heavy atom. The first-order chi connectivity index (χ1) is 14.2. The van der Waals surface area contributed by atoms with Gasteiger partial charge in [-0.1, -0.05) is 6.07 Å². The highest BCUT2D eigenvalue weighted by molar-refractivity contribution is 5.78. The third-order valence-corrected chi connectivity index (χ3v) is 5.46. The minimum absolute atomic E-state index is 0.287. The van der Waals surface area contributed by atoms with E-state index < -0.39 is 0 Å². The van der Waals surface area contributed by atoms with Crippen molar-refractivity contribution in [2.24, 2.45) is 0 Å². The van der Waals surface area contributed by atoms with E-state index >= 15 is 0 Å². The van der Waals surface area contributed by atoms with Crippen molar-refractivity contribution in [3.8, 4) is 0 Å². The average Bonchev–Trinajstić information content (AvgIpc) is 3.16. The molecule has 2 aliphatic rings. The molecular formula is C21H29N7O. The SMILES string of the molecule is Cc1cc(NCCCN2CCCC2=O)nc(N2CCN(c3ccccn3)CC2)n1. The van der Waals surface area contributed by atoms with Crippen LogP contribution in [-0.2, 0) is 4.79 Å². The minimum Gasteiger partial charge on any atom is -0.370 e. The lowest BCUT2D eigenvalue weighted by Crippen LogP contribution is -2.47. The molecule has 154 valence electrons. The van der Waals surface area contributed by atoms with Gasteiger partial charge in [-0.2, -0.15) is 4.98 Å². The number of anilines is 3. The summed E-state index contributed by atoms with van der Waals surface area (Å²) in [7, 11) is 0. The van der Waals surface area contributed by atoms with Crippen LogP contribution in [0.25, 0.3) is 0 Å². The fourth-order valence-electron chi connectivity index (χ4n) is 3.89. The number of nitrogens with zero attached hydrogens (tertiary/aromatic N) is 6. The molecule has 2 aromatic heterocycles. The van der Waals surface area contributed by atoms with Crippen molar-refractivity contribution in [3.05, 3.63) is 36.2 Å². The first kappa shape index (κ1) is 19.4. The number of piperazine rings is 1. The van der Waals surface area contributed by atoms with Gasteiger partial charge in [0.2, 0.25) is 11.9 Å². The molecule has 0 aliphatic carbocycles. The summed E-state index contributed by atoms with van der Waals surface area (Å²) >= 11 is 0. The number of aromatic nitrogens is 3. The molecule has 29 heavy (non-hydrogen) atoms. The van der Waals surface area contributed by atoms with Gasteiger partial charge in [-0.3, -0.25) is 4.79 Å². The molecule has 4 rings (SSSR count). The molecule has 2 aromatic rings. The minimum atomic E-state index is 0.287. The predicted octanol–water partition coefficient (Wildman–Crippen LogP) is 1.93. The second-order valence-corrected chi connectivity index (χ2v) is 7.62. The molecule has 0 saturated carbocycles. The lowest BCUT2D eigenvalue weighted by molar-refractivity contribution is -0.127. The topological polar surface area (TPSA) is 77.5 Å². The standard InChI is InChI=1S/C21H29N7O/c1-17-16-18(22-9-5-11-27-10-4-7-20(27)29)25-21(24-17)28-14-12-26(13-15-28)19-6-2-3-8-23-19/h2-3,6,8,16H,4-5,7,9-15H2,1H3,(H,22,24,25). The molecule has 8 heteroatoms. The fourth-order valence-corrected chi connectivity index (χ4v) is 3.89. The number of aryl methyl sites for hydroxylation is 1. The van der Waals surface area contributed by atoms with E-state index in [0.717, 1.165) is 81.9 Å². The van der Waals surface area contributed by atoms with Crippen LogP contribution in [0.2, 0.25) is 0 Å². The maximum Gasteiger partial charge on any atom is 0.227 e. The Morgan fingerprint density at radius 2 is 1.90 bits per heavy atom. The quantitative estimate of drug-likeness (QED) is 0.718. The number of hydrogen-bond donors (Lipinski definition) is 1. The Labute approximate surface area is 172 Å². The van der Waals surface area contributed by atoms with E-state index in [2.05, 4.69) is 31.2 Å². The van der Waals surface area contributed by atoms with Crippen LogP contribution in [0.4, 0.5) is 17.6 Å². The summed E-state index contributed by atoms with van der Waals surface area (Å²) in [4.78, 5) is 32.0. The average molecular weight is 396 g/mol. The van der Waals surface area contributed by atoms with E-state index in [0.29, 0.717) is 6.42 Å². The Bertz CT molecular complexity index is 821. The highest BCUT2D eigenvalue weighted by Crippen LogP contribution is 2.18. The second-order valence-electron chi connectivity index (χ2n) is 7.62. The molecule has 4 heterocycles. The fraction of sp³-hybridized carbons (Fsp3) is 0.524. The van der Waals surface area contributed by atoms with Gasteiger partial charge in [-0.15, -0.1) is 0 Å². The molecule has 0 unspecified atom stereocenters. The van der Waals surface area contributed by atoms with Crippen molar-refractivity contribution in [2.75, 3.05) is 60.9 Å². The molecule has 2 saturated heterocycles. The Morgan fingerprint density at radius 3 is 2.62 bits per heavy atom. The Hall–Kier alpha value is -2.90. The third-order valence-electron chi connectivity index (χ3n) is 5.46. The summed E-state index contributed by atoms with van der Waals surface area (Å²) in [5.41, 5.74) is 0.958. The lowest BCUT2D eigenvalue weighted by Gasteiger charge is -2.35. The summed E-state index contributed by atoms with van der Waals surface area (Å²) in [6, 6.07) is 8.00. The molecule has 0 radical (unpaired) electrons. The largest absolute Gasteiger partial charge is 0.370 e. The van der Waals surface area contributed by atoms with E-state index in [4.69, 9.17) is 4.98 Å². The molecule has 0 spiro atoms. The molecule has 0 atom stereocenters. The van der Waals surface area contributed by atoms with E-state index in [-0.39, 0.29) is 5.91 Å². The number of rotatable bonds is 7. The maximum absolute atomic E-state index is 11.7. The highest BCUT2D eigenvalue weighted by Gasteiger charge is 2.21. The van der Waals surface area contributed by atoms with Gasteiger partial charge in [0.25, 0.3) is 0 Å². The van der Waals surface area contributed by atoms with Crippen LogP contribution < -0.4 is 15.1 Å². The van der Waals surface area contributed by atoms with Crippen molar-refractivity contribution >= 4 is 23.5 Å². The van der Waals surface area contributed by atoms with Crippen LogP contribution in [-0.4, -0.2) is 71.6 Å². The molecule has 2 fully saturated rings. The second kappa shape index (κ2) is 9.07. The summed E-state index contributed by atoms with van der Waals surface area (Å²) in [5.74, 6) is 2.95. The number of pyridine rings is 1. The molecular weight excluding hydrogens is 366 g/mol. The number of likely N-dealkylation sites (tertiary alicyclic amines) is 1. The van der Waals surface area contributed by atoms with Crippen LogP contribution in [0.5, 0.6) is 0 Å². The van der Waals surface area contributed by atoms with Crippen LogP contribution in [0.1, 0.15) is 25.0 Å². The highest BCUT2D eigenvalue weighted by atomic mass is 16.2. The van der Waals surface area contributed by atoms with Gasteiger partial charge in [0.05, 0.1) is 0 Å². The van der Waals surface area contributed by atoms with Gasteiger partial charge < -0.3 is 20.0 Å². The van der Waals surface area contributed by atoms with Crippen LogP contribution >= 0.6 is 0 Å². The van der Waals surface area contributed by atoms with Crippen molar-refractivity contribution in [1.29, 1.82) is 0 Å². The number of carbonyl (C=O) groups is 1. The maximum atomic E-state index is 11.7. The molecule has 2 aliphatic heterocycles. The van der Waals surface area contributed by atoms with Gasteiger partial charge in [-0.05, 0) is 31.9 Å². The predicted molar refractivity (Wildman–Crippen MR) is 114 cm³/mol. The normalized spacial score (nSPS) is 17.1. The number of amides is 1. The van der Waals surface area contributed by atoms with Crippen molar-refractivity contribution in [3.63, 3.8) is 0 Å². The zero-order valence-corrected chi connectivity index (χ0v) is 17.0. The van der Waals surface area contributed by atoms with Gasteiger partial charge in [0, 0.05) is 70.2 Å². The molecule has 0 aromatic carbocycles. The summed E-state index contributed by atoms with van der Waals surface area (Å²) < 4.78 is 0. The Balaban J connectivity index is 1.29. The monoisotopic (exact) mass is 395 g/mol. The van der Waals surface area contributed by atoms with Crippen LogP contribution in [0.15, 0.2) is 30.5 Å². The zero-order valence-electron chi connectivity index (χ0n) is 17.0. The van der Waals surface area contributed by atoms with E-state index in [1.54, 1.807) is 0 Å². The van der Waals surface area contributed by atoms with E-state index in [1.165, 1.54) is 0 Å². The zero-order chi connectivity index (χ0) is 20.1. The third kappa shape index (κ3) is 4.93. The smallest absolute Gasteiger partial charge is 0.227 e. The Kier molecular flexibility index (Phi) is 6.07.